The van der Waals surface area contributed by atoms with Gasteiger partial charge in [0.15, 0.2) is 0 Å². The van der Waals surface area contributed by atoms with Crippen LogP contribution < -0.4 is 5.32 Å². The van der Waals surface area contributed by atoms with E-state index in [2.05, 4.69) is 27.5 Å². The lowest BCUT2D eigenvalue weighted by atomic mass is 10.0. The first-order valence-electron chi connectivity index (χ1n) is 6.20. The zero-order chi connectivity index (χ0) is 10.8. The average Bonchev–Trinajstić information content (AvgIpc) is 2.39. The molecule has 4 heteroatoms. The monoisotopic (exact) mass is 221 g/mol. The first-order chi connectivity index (χ1) is 7.93. The molecule has 0 spiro atoms. The Morgan fingerprint density at radius 3 is 3.38 bits per heavy atom. The van der Waals surface area contributed by atoms with Crippen molar-refractivity contribution in [2.45, 2.75) is 31.5 Å². The molecule has 0 saturated carbocycles. The third-order valence-corrected chi connectivity index (χ3v) is 3.62. The number of fused-ring (bicyclic) bond motifs is 1. The smallest absolute Gasteiger partial charge is 0.133 e. The van der Waals surface area contributed by atoms with Gasteiger partial charge in [-0.1, -0.05) is 6.08 Å². The number of hydrogen-bond acceptors (Lipinski definition) is 4. The predicted octanol–water partition coefficient (Wildman–Crippen LogP) is 0.755. The third-order valence-electron chi connectivity index (χ3n) is 3.62. The van der Waals surface area contributed by atoms with Crippen LogP contribution in [0.25, 0.3) is 0 Å². The fourth-order valence-corrected chi connectivity index (χ4v) is 2.67. The normalized spacial score (nSPS) is 35.6. The van der Waals surface area contributed by atoms with Gasteiger partial charge in [-0.05, 0) is 24.8 Å². The standard InChI is InChI=1S/C12H19N3O/c1-2-10-8-15(9-16-12(10)14-5-1)11-3-6-13-7-4-11/h2,6,11-12,14H,1,3-5,7-9H2. The molecule has 0 aliphatic carbocycles. The summed E-state index contributed by atoms with van der Waals surface area (Å²) in [6.07, 6.45) is 7.97. The summed E-state index contributed by atoms with van der Waals surface area (Å²) in [6, 6.07) is 0.626. The molecule has 0 aromatic rings. The van der Waals surface area contributed by atoms with E-state index in [9.17, 15) is 0 Å². The van der Waals surface area contributed by atoms with Crippen LogP contribution in [0.3, 0.4) is 0 Å². The van der Waals surface area contributed by atoms with Gasteiger partial charge in [0, 0.05) is 31.9 Å². The van der Waals surface area contributed by atoms with Gasteiger partial charge in [0.2, 0.25) is 0 Å². The molecule has 88 valence electrons. The fourth-order valence-electron chi connectivity index (χ4n) is 2.67. The van der Waals surface area contributed by atoms with Crippen LogP contribution in [0, 0.1) is 0 Å². The van der Waals surface area contributed by atoms with E-state index in [-0.39, 0.29) is 6.23 Å². The van der Waals surface area contributed by atoms with E-state index in [0.29, 0.717) is 6.04 Å². The van der Waals surface area contributed by atoms with Crippen LogP contribution in [-0.4, -0.2) is 49.7 Å². The zero-order valence-corrected chi connectivity index (χ0v) is 9.56. The summed E-state index contributed by atoms with van der Waals surface area (Å²) in [5.41, 5.74) is 1.42. The number of aliphatic imine (C=N–C) groups is 1. The molecule has 3 aliphatic rings. The van der Waals surface area contributed by atoms with Crippen molar-refractivity contribution in [2.75, 3.05) is 26.4 Å². The van der Waals surface area contributed by atoms with Crippen molar-refractivity contribution in [2.24, 2.45) is 4.99 Å². The van der Waals surface area contributed by atoms with Gasteiger partial charge in [-0.25, -0.2) is 0 Å². The Morgan fingerprint density at radius 1 is 1.50 bits per heavy atom. The highest BCUT2D eigenvalue weighted by Gasteiger charge is 2.29. The Morgan fingerprint density at radius 2 is 2.50 bits per heavy atom. The molecule has 0 bridgehead atoms. The second-order valence-corrected chi connectivity index (χ2v) is 4.71. The van der Waals surface area contributed by atoms with Gasteiger partial charge < -0.3 is 4.74 Å². The van der Waals surface area contributed by atoms with Gasteiger partial charge in [0.25, 0.3) is 0 Å². The van der Waals surface area contributed by atoms with Crippen molar-refractivity contribution in [3.8, 4) is 0 Å². The summed E-state index contributed by atoms with van der Waals surface area (Å²) in [5, 5.41) is 3.40. The van der Waals surface area contributed by atoms with Crippen LogP contribution in [-0.2, 0) is 4.74 Å². The maximum atomic E-state index is 5.85. The molecule has 0 aromatic heterocycles. The summed E-state index contributed by atoms with van der Waals surface area (Å²) < 4.78 is 5.85. The number of rotatable bonds is 1. The predicted molar refractivity (Wildman–Crippen MR) is 63.5 cm³/mol. The first kappa shape index (κ1) is 10.4. The Kier molecular flexibility index (Phi) is 3.04. The Hall–Kier alpha value is -0.710. The van der Waals surface area contributed by atoms with E-state index in [4.69, 9.17) is 4.74 Å². The fraction of sp³-hybridized carbons (Fsp3) is 0.750. The van der Waals surface area contributed by atoms with E-state index in [1.165, 1.54) is 12.0 Å². The van der Waals surface area contributed by atoms with Crippen molar-refractivity contribution in [1.29, 1.82) is 0 Å². The summed E-state index contributed by atoms with van der Waals surface area (Å²) >= 11 is 0. The molecule has 16 heavy (non-hydrogen) atoms. The molecule has 0 amide bonds. The van der Waals surface area contributed by atoms with E-state index in [1.807, 2.05) is 0 Å². The SMILES string of the molecule is C1=NCCC(N2COC3NCCC=C3C2)C1. The molecule has 3 rings (SSSR count). The summed E-state index contributed by atoms with van der Waals surface area (Å²) in [6.45, 7) is 3.84. The van der Waals surface area contributed by atoms with Crippen molar-refractivity contribution in [3.63, 3.8) is 0 Å². The summed E-state index contributed by atoms with van der Waals surface area (Å²) in [4.78, 5) is 6.73. The molecule has 0 radical (unpaired) electrons. The minimum Gasteiger partial charge on any atom is -0.344 e. The second-order valence-electron chi connectivity index (χ2n) is 4.71. The minimum atomic E-state index is 0.183. The Bertz CT molecular complexity index is 313. The molecule has 4 nitrogen and oxygen atoms in total. The number of nitrogens with zero attached hydrogens (tertiary/aromatic N) is 2. The highest BCUT2D eigenvalue weighted by molar-refractivity contribution is 5.59. The Labute approximate surface area is 96.4 Å². The topological polar surface area (TPSA) is 36.9 Å². The summed E-state index contributed by atoms with van der Waals surface area (Å²) in [7, 11) is 0. The van der Waals surface area contributed by atoms with E-state index in [1.54, 1.807) is 0 Å². The lowest BCUT2D eigenvalue weighted by Crippen LogP contribution is -2.51. The van der Waals surface area contributed by atoms with Crippen LogP contribution >= 0.6 is 0 Å². The highest BCUT2D eigenvalue weighted by atomic mass is 16.5. The van der Waals surface area contributed by atoms with Crippen LogP contribution in [0.15, 0.2) is 16.6 Å². The van der Waals surface area contributed by atoms with Gasteiger partial charge in [-0.3, -0.25) is 15.2 Å². The first-order valence-corrected chi connectivity index (χ1v) is 6.20. The van der Waals surface area contributed by atoms with Gasteiger partial charge >= 0.3 is 0 Å². The number of ether oxygens (including phenoxy) is 1. The molecule has 3 heterocycles. The number of hydrogen-bond donors (Lipinski definition) is 1. The van der Waals surface area contributed by atoms with Crippen LogP contribution in [0.4, 0.5) is 0 Å². The van der Waals surface area contributed by atoms with Crippen molar-refractivity contribution in [3.05, 3.63) is 11.6 Å². The average molecular weight is 221 g/mol. The van der Waals surface area contributed by atoms with Gasteiger partial charge in [-0.2, -0.15) is 0 Å². The Balaban J connectivity index is 1.65. The maximum Gasteiger partial charge on any atom is 0.133 e. The van der Waals surface area contributed by atoms with Crippen LogP contribution in [0.2, 0.25) is 0 Å². The molecule has 1 N–H and O–H groups in total. The van der Waals surface area contributed by atoms with Crippen molar-refractivity contribution >= 4 is 6.21 Å². The van der Waals surface area contributed by atoms with Gasteiger partial charge in [-0.15, -0.1) is 0 Å². The van der Waals surface area contributed by atoms with E-state index >= 15 is 0 Å². The zero-order valence-electron chi connectivity index (χ0n) is 9.56. The lowest BCUT2D eigenvalue weighted by Gasteiger charge is -2.40. The molecule has 2 unspecified atom stereocenters. The maximum absolute atomic E-state index is 5.85. The molecule has 3 aliphatic heterocycles. The second kappa shape index (κ2) is 4.65. The third kappa shape index (κ3) is 2.05. The minimum absolute atomic E-state index is 0.183. The van der Waals surface area contributed by atoms with Crippen molar-refractivity contribution < 1.29 is 4.74 Å². The lowest BCUT2D eigenvalue weighted by molar-refractivity contribution is -0.0678. The van der Waals surface area contributed by atoms with E-state index in [0.717, 1.165) is 39.2 Å². The molecule has 1 saturated heterocycles. The van der Waals surface area contributed by atoms with Crippen molar-refractivity contribution in [1.82, 2.24) is 10.2 Å². The molecule has 2 atom stereocenters. The largest absolute Gasteiger partial charge is 0.344 e. The molecular weight excluding hydrogens is 202 g/mol. The molecule has 0 aromatic carbocycles. The van der Waals surface area contributed by atoms with E-state index < -0.39 is 0 Å². The quantitative estimate of drug-likeness (QED) is 0.664. The summed E-state index contributed by atoms with van der Waals surface area (Å²) in [5.74, 6) is 0. The van der Waals surface area contributed by atoms with Gasteiger partial charge in [0.05, 0.1) is 0 Å². The van der Waals surface area contributed by atoms with Crippen LogP contribution in [0.5, 0.6) is 0 Å². The number of nitrogens with one attached hydrogen (secondary N) is 1. The van der Waals surface area contributed by atoms with Crippen LogP contribution in [0.1, 0.15) is 19.3 Å². The van der Waals surface area contributed by atoms with Gasteiger partial charge in [0.1, 0.15) is 13.0 Å². The molecule has 1 fully saturated rings. The highest BCUT2D eigenvalue weighted by Crippen LogP contribution is 2.22. The molecular formula is C12H19N3O.